The van der Waals surface area contributed by atoms with Crippen LogP contribution in [0.1, 0.15) is 12.8 Å². The van der Waals surface area contributed by atoms with E-state index in [1.807, 2.05) is 0 Å². The van der Waals surface area contributed by atoms with Crippen LogP contribution in [0.5, 0.6) is 0 Å². The van der Waals surface area contributed by atoms with Crippen LogP contribution in [0.3, 0.4) is 0 Å². The molecule has 130 valence electrons. The van der Waals surface area contributed by atoms with Crippen LogP contribution in [0.25, 0.3) is 0 Å². The van der Waals surface area contributed by atoms with Crippen LogP contribution in [0.15, 0.2) is 44.8 Å². The molecule has 1 aliphatic rings. The smallest absolute Gasteiger partial charge is 0.271 e. The van der Waals surface area contributed by atoms with E-state index in [1.54, 1.807) is 11.4 Å². The van der Waals surface area contributed by atoms with Crippen molar-refractivity contribution in [3.05, 3.63) is 40.7 Å². The standard InChI is InChI=1S/C14H15ClN2O4S3/c15-12-6-5-11(16-23(18,19)14-4-3-9-22-14)10-13(12)24(20,21)17-7-1-2-8-17/h3-6,9-10,16H,1-2,7-8H2. The predicted molar refractivity (Wildman–Crippen MR) is 94.6 cm³/mol. The van der Waals surface area contributed by atoms with Crippen LogP contribution in [0.4, 0.5) is 5.69 Å². The van der Waals surface area contributed by atoms with Crippen LogP contribution in [0.2, 0.25) is 5.02 Å². The zero-order valence-electron chi connectivity index (χ0n) is 12.5. The summed E-state index contributed by atoms with van der Waals surface area (Å²) in [5.74, 6) is 0. The molecule has 3 rings (SSSR count). The Morgan fingerprint density at radius 3 is 2.42 bits per heavy atom. The van der Waals surface area contributed by atoms with Gasteiger partial charge in [-0.1, -0.05) is 17.7 Å². The number of hydrogen-bond donors (Lipinski definition) is 1. The molecule has 0 amide bonds. The topological polar surface area (TPSA) is 83.5 Å². The normalized spacial score (nSPS) is 16.4. The number of benzene rings is 1. The van der Waals surface area contributed by atoms with Crippen molar-refractivity contribution in [1.29, 1.82) is 0 Å². The third-order valence-corrected chi connectivity index (χ3v) is 8.79. The van der Waals surface area contributed by atoms with Crippen LogP contribution >= 0.6 is 22.9 Å². The molecule has 1 saturated heterocycles. The van der Waals surface area contributed by atoms with Crippen molar-refractivity contribution in [3.8, 4) is 0 Å². The fraction of sp³-hybridized carbons (Fsp3) is 0.286. The van der Waals surface area contributed by atoms with Crippen molar-refractivity contribution in [2.24, 2.45) is 0 Å². The van der Waals surface area contributed by atoms with Crippen LogP contribution < -0.4 is 4.72 Å². The Hall–Kier alpha value is -1.13. The zero-order valence-corrected chi connectivity index (χ0v) is 15.7. The van der Waals surface area contributed by atoms with Crippen molar-refractivity contribution in [2.75, 3.05) is 17.8 Å². The van der Waals surface area contributed by atoms with E-state index in [0.717, 1.165) is 24.2 Å². The molecule has 0 saturated carbocycles. The molecule has 2 aromatic rings. The number of anilines is 1. The summed E-state index contributed by atoms with van der Waals surface area (Å²) in [5, 5.41) is 1.72. The number of rotatable bonds is 5. The summed E-state index contributed by atoms with van der Waals surface area (Å²) in [6, 6.07) is 7.20. The summed E-state index contributed by atoms with van der Waals surface area (Å²) in [6.45, 7) is 0.896. The van der Waals surface area contributed by atoms with E-state index in [1.165, 1.54) is 28.6 Å². The van der Waals surface area contributed by atoms with Gasteiger partial charge in [-0.2, -0.15) is 4.31 Å². The van der Waals surface area contributed by atoms with E-state index >= 15 is 0 Å². The van der Waals surface area contributed by atoms with Gasteiger partial charge in [0.25, 0.3) is 10.0 Å². The average Bonchev–Trinajstić information content (AvgIpc) is 3.22. The van der Waals surface area contributed by atoms with E-state index in [-0.39, 0.29) is 19.8 Å². The van der Waals surface area contributed by atoms with Crippen LogP contribution in [0, 0.1) is 0 Å². The summed E-state index contributed by atoms with van der Waals surface area (Å²) in [6.07, 6.45) is 1.61. The number of halogens is 1. The van der Waals surface area contributed by atoms with Gasteiger partial charge in [-0.05, 0) is 42.5 Å². The Morgan fingerprint density at radius 1 is 1.08 bits per heavy atom. The molecular formula is C14H15ClN2O4S3. The summed E-state index contributed by atoms with van der Waals surface area (Å²) in [7, 11) is -7.48. The summed E-state index contributed by atoms with van der Waals surface area (Å²) in [5.41, 5.74) is 0.158. The molecule has 10 heteroatoms. The first-order valence-electron chi connectivity index (χ1n) is 7.17. The Balaban J connectivity index is 1.95. The molecule has 0 unspecified atom stereocenters. The van der Waals surface area contributed by atoms with E-state index in [0.29, 0.717) is 13.1 Å². The number of hydrogen-bond acceptors (Lipinski definition) is 5. The van der Waals surface area contributed by atoms with E-state index < -0.39 is 20.0 Å². The monoisotopic (exact) mass is 406 g/mol. The Kier molecular flexibility index (Phi) is 4.89. The minimum Gasteiger partial charge on any atom is -0.279 e. The fourth-order valence-electron chi connectivity index (χ4n) is 2.45. The van der Waals surface area contributed by atoms with Gasteiger partial charge in [0.15, 0.2) is 0 Å². The van der Waals surface area contributed by atoms with Crippen molar-refractivity contribution < 1.29 is 16.8 Å². The predicted octanol–water partition coefficient (Wildman–Crippen LogP) is 2.99. The largest absolute Gasteiger partial charge is 0.279 e. The molecule has 1 aromatic heterocycles. The highest BCUT2D eigenvalue weighted by Gasteiger charge is 2.29. The maximum atomic E-state index is 12.7. The molecule has 0 bridgehead atoms. The Morgan fingerprint density at radius 2 is 1.79 bits per heavy atom. The van der Waals surface area contributed by atoms with E-state index in [9.17, 15) is 16.8 Å². The van der Waals surface area contributed by atoms with Gasteiger partial charge in [-0.15, -0.1) is 11.3 Å². The molecule has 0 radical (unpaired) electrons. The molecule has 1 fully saturated rings. The minimum atomic E-state index is -3.75. The third kappa shape index (κ3) is 3.45. The van der Waals surface area contributed by atoms with Crippen molar-refractivity contribution in [1.82, 2.24) is 4.31 Å². The molecular weight excluding hydrogens is 392 g/mol. The number of thiophene rings is 1. The average molecular weight is 407 g/mol. The Labute approximate surface area is 150 Å². The molecule has 6 nitrogen and oxygen atoms in total. The lowest BCUT2D eigenvalue weighted by Gasteiger charge is -2.17. The lowest BCUT2D eigenvalue weighted by atomic mass is 10.3. The molecule has 0 spiro atoms. The van der Waals surface area contributed by atoms with Gasteiger partial charge in [-0.3, -0.25) is 4.72 Å². The number of nitrogens with one attached hydrogen (secondary N) is 1. The first-order valence-corrected chi connectivity index (χ1v) is 11.3. The number of nitrogens with zero attached hydrogens (tertiary/aromatic N) is 1. The van der Waals surface area contributed by atoms with Crippen molar-refractivity contribution in [3.63, 3.8) is 0 Å². The number of sulfonamides is 2. The summed E-state index contributed by atoms with van der Waals surface area (Å²) in [4.78, 5) is -0.0857. The molecule has 2 heterocycles. The second-order valence-corrected chi connectivity index (χ2v) is 10.5. The van der Waals surface area contributed by atoms with Gasteiger partial charge in [0.05, 0.1) is 10.7 Å². The molecule has 1 aromatic carbocycles. The first kappa shape index (κ1) is 17.7. The maximum absolute atomic E-state index is 12.7. The quantitative estimate of drug-likeness (QED) is 0.827. The maximum Gasteiger partial charge on any atom is 0.271 e. The van der Waals surface area contributed by atoms with Crippen LogP contribution in [-0.2, 0) is 20.0 Å². The van der Waals surface area contributed by atoms with Gasteiger partial charge in [0, 0.05) is 13.1 Å². The summed E-state index contributed by atoms with van der Waals surface area (Å²) < 4.78 is 53.8. The van der Waals surface area contributed by atoms with Crippen molar-refractivity contribution in [2.45, 2.75) is 21.9 Å². The molecule has 1 N–H and O–H groups in total. The second kappa shape index (κ2) is 6.64. The van der Waals surface area contributed by atoms with Gasteiger partial charge in [-0.25, -0.2) is 16.8 Å². The molecule has 1 aliphatic heterocycles. The van der Waals surface area contributed by atoms with Gasteiger partial charge in [0.1, 0.15) is 9.10 Å². The van der Waals surface area contributed by atoms with E-state index in [2.05, 4.69) is 4.72 Å². The zero-order chi connectivity index (χ0) is 17.4. The molecule has 0 aliphatic carbocycles. The van der Waals surface area contributed by atoms with Gasteiger partial charge >= 0.3 is 0 Å². The van der Waals surface area contributed by atoms with Gasteiger partial charge in [0.2, 0.25) is 10.0 Å². The van der Waals surface area contributed by atoms with Gasteiger partial charge < -0.3 is 0 Å². The fourth-order valence-corrected chi connectivity index (χ4v) is 6.51. The first-order chi connectivity index (χ1) is 11.3. The van der Waals surface area contributed by atoms with E-state index in [4.69, 9.17) is 11.6 Å². The Bertz CT molecular complexity index is 934. The summed E-state index contributed by atoms with van der Waals surface area (Å²) >= 11 is 7.13. The second-order valence-electron chi connectivity index (χ2n) is 5.29. The third-order valence-electron chi connectivity index (χ3n) is 3.63. The highest BCUT2D eigenvalue weighted by molar-refractivity contribution is 7.94. The minimum absolute atomic E-state index is 0.0703. The highest BCUT2D eigenvalue weighted by Crippen LogP contribution is 2.30. The molecule has 24 heavy (non-hydrogen) atoms. The van der Waals surface area contributed by atoms with Crippen molar-refractivity contribution >= 4 is 48.7 Å². The highest BCUT2D eigenvalue weighted by atomic mass is 35.5. The SMILES string of the molecule is O=S(=O)(Nc1ccc(Cl)c(S(=O)(=O)N2CCCC2)c1)c1cccs1. The van der Waals surface area contributed by atoms with Crippen LogP contribution in [-0.4, -0.2) is 34.2 Å². The lowest BCUT2D eigenvalue weighted by Crippen LogP contribution is -2.28. The lowest BCUT2D eigenvalue weighted by molar-refractivity contribution is 0.477. The molecule has 0 atom stereocenters.